The summed E-state index contributed by atoms with van der Waals surface area (Å²) in [5.74, 6) is -0.122. The van der Waals surface area contributed by atoms with Crippen molar-refractivity contribution in [3.63, 3.8) is 0 Å². The van der Waals surface area contributed by atoms with Crippen molar-refractivity contribution < 1.29 is 4.79 Å². The Balaban J connectivity index is 0.000000531. The number of halogens is 1. The van der Waals surface area contributed by atoms with Gasteiger partial charge in [-0.2, -0.15) is 0 Å². The molecule has 2 rings (SSSR count). The van der Waals surface area contributed by atoms with Crippen LogP contribution < -0.4 is 0 Å². The third-order valence-corrected chi connectivity index (χ3v) is 3.83. The number of amides is 1. The molecule has 80 valence electrons. The molecule has 3 heteroatoms. The number of alkyl halides is 1. The van der Waals surface area contributed by atoms with Gasteiger partial charge in [-0.1, -0.05) is 48.1 Å². The Morgan fingerprint density at radius 2 is 1.93 bits per heavy atom. The highest BCUT2D eigenvalue weighted by Crippen LogP contribution is 2.32. The lowest BCUT2D eigenvalue weighted by Crippen LogP contribution is -2.17. The summed E-state index contributed by atoms with van der Waals surface area (Å²) in [6.07, 6.45) is 7.35. The third-order valence-electron chi connectivity index (χ3n) is 2.17. The molecule has 1 aliphatic heterocycles. The van der Waals surface area contributed by atoms with Gasteiger partial charge in [-0.25, -0.2) is 4.99 Å². The van der Waals surface area contributed by atoms with E-state index in [1.807, 2.05) is 32.1 Å². The number of allylic oxidation sites excluding steroid dienone is 4. The molecule has 0 saturated heterocycles. The van der Waals surface area contributed by atoms with Crippen molar-refractivity contribution >= 4 is 34.7 Å². The van der Waals surface area contributed by atoms with Crippen LogP contribution >= 0.6 is 22.6 Å². The van der Waals surface area contributed by atoms with Gasteiger partial charge in [0.1, 0.15) is 0 Å². The Morgan fingerprint density at radius 3 is 2.60 bits per heavy atom. The minimum atomic E-state index is -0.122. The van der Waals surface area contributed by atoms with E-state index in [0.717, 1.165) is 11.1 Å². The molecule has 0 radical (unpaired) electrons. The normalized spacial score (nSPS) is 23.1. The van der Waals surface area contributed by atoms with Crippen LogP contribution in [0.3, 0.4) is 0 Å². The van der Waals surface area contributed by atoms with Crippen LogP contribution in [0.5, 0.6) is 0 Å². The number of nitrogens with zero attached hydrogens (tertiary/aromatic N) is 1. The lowest BCUT2D eigenvalue weighted by Gasteiger charge is -2.21. The fraction of sp³-hybridized carbons (Fsp3) is 0.333. The SMILES string of the molecule is CC.CC1=CC=C2C(=O)N=CC=C2C1I. The molecule has 2 aliphatic rings. The monoisotopic (exact) mass is 315 g/mol. The van der Waals surface area contributed by atoms with E-state index in [0.29, 0.717) is 3.92 Å². The number of fused-ring (bicyclic) bond motifs is 1. The quantitative estimate of drug-likeness (QED) is 0.498. The maximum Gasteiger partial charge on any atom is 0.277 e. The Morgan fingerprint density at radius 1 is 1.27 bits per heavy atom. The summed E-state index contributed by atoms with van der Waals surface area (Å²) in [5, 5.41) is 0. The Labute approximate surface area is 104 Å². The second kappa shape index (κ2) is 5.39. The first-order valence-electron chi connectivity index (χ1n) is 5.01. The molecule has 1 heterocycles. The fourth-order valence-corrected chi connectivity index (χ4v) is 2.15. The van der Waals surface area contributed by atoms with Crippen molar-refractivity contribution in [1.82, 2.24) is 0 Å². The Bertz CT molecular complexity index is 388. The molecule has 0 bridgehead atoms. The van der Waals surface area contributed by atoms with E-state index in [1.165, 1.54) is 5.57 Å². The topological polar surface area (TPSA) is 29.4 Å². The second-order valence-corrected chi connectivity index (χ2v) is 4.30. The molecule has 0 N–H and O–H groups in total. The molecule has 0 aromatic carbocycles. The number of carbonyl (C=O) groups is 1. The van der Waals surface area contributed by atoms with Crippen molar-refractivity contribution in [2.75, 3.05) is 0 Å². The highest BCUT2D eigenvalue weighted by Gasteiger charge is 2.25. The Kier molecular flexibility index (Phi) is 4.45. The van der Waals surface area contributed by atoms with Crippen LogP contribution in [0.1, 0.15) is 20.8 Å². The molecule has 2 nitrogen and oxygen atoms in total. The number of carbonyl (C=O) groups excluding carboxylic acids is 1. The van der Waals surface area contributed by atoms with Crippen LogP contribution in [0.25, 0.3) is 0 Å². The maximum atomic E-state index is 11.3. The summed E-state index contributed by atoms with van der Waals surface area (Å²) in [4.78, 5) is 15.1. The summed E-state index contributed by atoms with van der Waals surface area (Å²) in [6.45, 7) is 6.07. The van der Waals surface area contributed by atoms with E-state index >= 15 is 0 Å². The number of dihydropyridines is 1. The van der Waals surface area contributed by atoms with Gasteiger partial charge in [0.15, 0.2) is 0 Å². The van der Waals surface area contributed by atoms with Crippen LogP contribution in [0.15, 0.2) is 39.9 Å². The van der Waals surface area contributed by atoms with E-state index in [-0.39, 0.29) is 5.91 Å². The van der Waals surface area contributed by atoms with Crippen molar-refractivity contribution in [1.29, 1.82) is 0 Å². The van der Waals surface area contributed by atoms with Crippen LogP contribution in [-0.4, -0.2) is 16.0 Å². The summed E-state index contributed by atoms with van der Waals surface area (Å²) in [5.41, 5.74) is 3.10. The van der Waals surface area contributed by atoms with Gasteiger partial charge in [0, 0.05) is 11.8 Å². The largest absolute Gasteiger partial charge is 0.277 e. The van der Waals surface area contributed by atoms with Gasteiger partial charge in [0.25, 0.3) is 5.91 Å². The van der Waals surface area contributed by atoms with Crippen LogP contribution in [0.4, 0.5) is 0 Å². The van der Waals surface area contributed by atoms with Crippen LogP contribution in [0, 0.1) is 0 Å². The highest BCUT2D eigenvalue weighted by molar-refractivity contribution is 14.1. The van der Waals surface area contributed by atoms with Crippen molar-refractivity contribution in [3.05, 3.63) is 34.9 Å². The predicted molar refractivity (Wildman–Crippen MR) is 72.6 cm³/mol. The summed E-state index contributed by atoms with van der Waals surface area (Å²) >= 11 is 2.34. The van der Waals surface area contributed by atoms with E-state index in [4.69, 9.17) is 0 Å². The van der Waals surface area contributed by atoms with Gasteiger partial charge in [-0.15, -0.1) is 0 Å². The molecule has 0 aromatic rings. The summed E-state index contributed by atoms with van der Waals surface area (Å²) in [7, 11) is 0. The minimum Gasteiger partial charge on any atom is -0.267 e. The zero-order valence-corrected chi connectivity index (χ0v) is 11.3. The number of rotatable bonds is 0. The standard InChI is InChI=1S/C10H8INO.C2H6/c1-6-2-3-8-7(9(6)11)4-5-12-10(8)13;1-2/h2-5,9H,1H3;1-2H3. The van der Waals surface area contributed by atoms with Gasteiger partial charge in [-0.3, -0.25) is 4.79 Å². The fourth-order valence-electron chi connectivity index (χ4n) is 1.40. The minimum absolute atomic E-state index is 0.122. The van der Waals surface area contributed by atoms with E-state index < -0.39 is 0 Å². The lowest BCUT2D eigenvalue weighted by atomic mass is 9.92. The zero-order valence-electron chi connectivity index (χ0n) is 9.12. The number of aliphatic imine (C=N–C) groups is 1. The van der Waals surface area contributed by atoms with Crippen LogP contribution in [0.2, 0.25) is 0 Å². The van der Waals surface area contributed by atoms with Crippen LogP contribution in [-0.2, 0) is 4.79 Å². The first-order valence-corrected chi connectivity index (χ1v) is 6.26. The first-order chi connectivity index (χ1) is 7.20. The molecule has 0 spiro atoms. The Hall–Kier alpha value is -0.710. The third kappa shape index (κ3) is 2.45. The smallest absolute Gasteiger partial charge is 0.267 e. The molecule has 15 heavy (non-hydrogen) atoms. The molecule has 1 unspecified atom stereocenters. The van der Waals surface area contributed by atoms with Gasteiger partial charge in [0.05, 0.1) is 3.92 Å². The maximum absolute atomic E-state index is 11.3. The molecule has 0 aromatic heterocycles. The number of hydrogen-bond acceptors (Lipinski definition) is 1. The lowest BCUT2D eigenvalue weighted by molar-refractivity contribution is -0.114. The average Bonchev–Trinajstić information content (AvgIpc) is 2.27. The average molecular weight is 315 g/mol. The van der Waals surface area contributed by atoms with E-state index in [9.17, 15) is 4.79 Å². The molecule has 0 fully saturated rings. The van der Waals surface area contributed by atoms with Gasteiger partial charge < -0.3 is 0 Å². The summed E-state index contributed by atoms with van der Waals surface area (Å²) < 4.78 is 0.313. The van der Waals surface area contributed by atoms with Crippen molar-refractivity contribution in [3.8, 4) is 0 Å². The molecule has 1 amide bonds. The van der Waals surface area contributed by atoms with Crippen molar-refractivity contribution in [2.45, 2.75) is 24.7 Å². The molecule has 1 aliphatic carbocycles. The van der Waals surface area contributed by atoms with Gasteiger partial charge in [0.2, 0.25) is 0 Å². The first kappa shape index (κ1) is 12.4. The second-order valence-electron chi connectivity index (χ2n) is 3.06. The number of hydrogen-bond donors (Lipinski definition) is 0. The molecular formula is C12H14INO. The van der Waals surface area contributed by atoms with Crippen molar-refractivity contribution in [2.24, 2.45) is 4.99 Å². The van der Waals surface area contributed by atoms with Gasteiger partial charge in [-0.05, 0) is 24.6 Å². The molecule has 0 saturated carbocycles. The van der Waals surface area contributed by atoms with E-state index in [2.05, 4.69) is 34.5 Å². The molecule has 1 atom stereocenters. The zero-order chi connectivity index (χ0) is 11.4. The highest BCUT2D eigenvalue weighted by atomic mass is 127. The molecular weight excluding hydrogens is 301 g/mol. The predicted octanol–water partition coefficient (Wildman–Crippen LogP) is 3.24. The summed E-state index contributed by atoms with van der Waals surface area (Å²) in [6, 6.07) is 0. The van der Waals surface area contributed by atoms with Gasteiger partial charge >= 0.3 is 0 Å². The van der Waals surface area contributed by atoms with E-state index in [1.54, 1.807) is 6.21 Å².